The zero-order chi connectivity index (χ0) is 18.3. The van der Waals surface area contributed by atoms with Crippen LogP contribution in [0, 0.1) is 27.7 Å². The minimum Gasteiger partial charge on any atom is -0.252 e. The van der Waals surface area contributed by atoms with Gasteiger partial charge in [0.05, 0.1) is 0 Å². The Morgan fingerprint density at radius 3 is 1.42 bits per heavy atom. The Hall–Kier alpha value is -1.72. The predicted octanol–water partition coefficient (Wildman–Crippen LogP) is 3.44. The lowest BCUT2D eigenvalue weighted by Gasteiger charge is -2.18. The Kier molecular flexibility index (Phi) is 4.84. The molecule has 2 aromatic carbocycles. The molecule has 2 aliphatic rings. The summed E-state index contributed by atoms with van der Waals surface area (Å²) in [6, 6.07) is 15.1. The van der Waals surface area contributed by atoms with Crippen molar-refractivity contribution in [3.8, 4) is 0 Å². The molecule has 0 aliphatic carbocycles. The van der Waals surface area contributed by atoms with E-state index in [4.69, 9.17) is 0 Å². The van der Waals surface area contributed by atoms with E-state index in [1.165, 1.54) is 33.4 Å². The highest BCUT2D eigenvalue weighted by Gasteiger charge is 2.36. The Bertz CT molecular complexity index is 733. The molecule has 2 aromatic rings. The van der Waals surface area contributed by atoms with Gasteiger partial charge in [0.2, 0.25) is 0 Å². The molecule has 0 aromatic heterocycles. The maximum absolute atomic E-state index is 3.53. The van der Waals surface area contributed by atoms with Gasteiger partial charge in [-0.05, 0) is 62.8 Å². The van der Waals surface area contributed by atoms with Crippen LogP contribution in [-0.4, -0.2) is 12.1 Å². The summed E-state index contributed by atoms with van der Waals surface area (Å²) >= 11 is 0. The minimum absolute atomic E-state index is 0.377. The number of benzene rings is 2. The van der Waals surface area contributed by atoms with E-state index in [2.05, 4.69) is 85.8 Å². The van der Waals surface area contributed by atoms with Crippen molar-refractivity contribution in [2.45, 2.75) is 64.7 Å². The molecule has 0 spiro atoms. The average molecular weight is 351 g/mol. The van der Waals surface area contributed by atoms with E-state index in [-0.39, 0.29) is 0 Å². The summed E-state index contributed by atoms with van der Waals surface area (Å²) in [7, 11) is 0. The highest BCUT2D eigenvalue weighted by molar-refractivity contribution is 5.35. The first-order valence-corrected chi connectivity index (χ1v) is 9.67. The molecule has 26 heavy (non-hydrogen) atoms. The normalized spacial score (nSPS) is 28.6. The van der Waals surface area contributed by atoms with Crippen LogP contribution in [0.15, 0.2) is 36.4 Å². The third-order valence-corrected chi connectivity index (χ3v) is 5.95. The summed E-state index contributed by atoms with van der Waals surface area (Å²) in [6.07, 6.45) is 2.20. The van der Waals surface area contributed by atoms with Crippen LogP contribution in [0.2, 0.25) is 0 Å². The molecule has 0 radical (unpaired) electrons. The third kappa shape index (κ3) is 3.42. The summed E-state index contributed by atoms with van der Waals surface area (Å²) < 4.78 is 0. The van der Waals surface area contributed by atoms with E-state index in [9.17, 15) is 0 Å². The molecule has 4 unspecified atom stereocenters. The molecule has 4 heteroatoms. The van der Waals surface area contributed by atoms with Crippen LogP contribution in [0.1, 0.15) is 58.3 Å². The molecular formula is C22H30N4. The first kappa shape index (κ1) is 17.7. The first-order valence-electron chi connectivity index (χ1n) is 9.67. The molecule has 4 atom stereocenters. The summed E-state index contributed by atoms with van der Waals surface area (Å²) in [5, 5.41) is 0. The van der Waals surface area contributed by atoms with E-state index < -0.39 is 0 Å². The van der Waals surface area contributed by atoms with Gasteiger partial charge in [0.15, 0.2) is 0 Å². The van der Waals surface area contributed by atoms with Crippen LogP contribution in [0.5, 0.6) is 0 Å². The topological polar surface area (TPSA) is 48.1 Å². The Labute approximate surface area is 156 Å². The molecule has 4 rings (SSSR count). The van der Waals surface area contributed by atoms with Crippen LogP contribution < -0.4 is 21.7 Å². The molecule has 0 bridgehead atoms. The van der Waals surface area contributed by atoms with E-state index in [1.54, 1.807) is 0 Å². The minimum atomic E-state index is 0.377. The maximum atomic E-state index is 3.53. The quantitative estimate of drug-likeness (QED) is 0.685. The summed E-state index contributed by atoms with van der Waals surface area (Å²) in [6.45, 7) is 8.73. The number of hydrogen-bond donors (Lipinski definition) is 4. The van der Waals surface area contributed by atoms with Gasteiger partial charge in [-0.1, -0.05) is 47.5 Å². The van der Waals surface area contributed by atoms with Gasteiger partial charge in [-0.3, -0.25) is 10.9 Å². The lowest BCUT2D eigenvalue weighted by atomic mass is 9.91. The van der Waals surface area contributed by atoms with Gasteiger partial charge in [-0.2, -0.15) is 0 Å². The lowest BCUT2D eigenvalue weighted by Crippen LogP contribution is -2.45. The van der Waals surface area contributed by atoms with Crippen LogP contribution >= 0.6 is 0 Å². The summed E-state index contributed by atoms with van der Waals surface area (Å²) in [5.74, 6) is 0. The lowest BCUT2D eigenvalue weighted by molar-refractivity contribution is 0.414. The zero-order valence-electron chi connectivity index (χ0n) is 16.2. The highest BCUT2D eigenvalue weighted by atomic mass is 15.5. The second kappa shape index (κ2) is 7.12. The molecule has 2 aliphatic heterocycles. The highest BCUT2D eigenvalue weighted by Crippen LogP contribution is 2.32. The second-order valence-electron chi connectivity index (χ2n) is 8.09. The molecular weight excluding hydrogens is 320 g/mol. The molecule has 4 N–H and O–H groups in total. The molecule has 2 fully saturated rings. The predicted molar refractivity (Wildman–Crippen MR) is 107 cm³/mol. The third-order valence-electron chi connectivity index (χ3n) is 5.95. The fraction of sp³-hybridized carbons (Fsp3) is 0.455. The van der Waals surface area contributed by atoms with Gasteiger partial charge >= 0.3 is 0 Å². The van der Waals surface area contributed by atoms with Crippen molar-refractivity contribution in [1.82, 2.24) is 21.7 Å². The molecule has 0 amide bonds. The Morgan fingerprint density at radius 1 is 0.615 bits per heavy atom. The summed E-state index contributed by atoms with van der Waals surface area (Å²) in [4.78, 5) is 0. The molecule has 2 saturated heterocycles. The zero-order valence-corrected chi connectivity index (χ0v) is 16.2. The number of hydrogen-bond acceptors (Lipinski definition) is 4. The fourth-order valence-corrected chi connectivity index (χ4v) is 4.53. The van der Waals surface area contributed by atoms with Gasteiger partial charge in [-0.25, -0.2) is 10.9 Å². The number of aryl methyl sites for hydroxylation is 4. The van der Waals surface area contributed by atoms with Crippen molar-refractivity contribution in [3.05, 3.63) is 69.8 Å². The van der Waals surface area contributed by atoms with Gasteiger partial charge in [0, 0.05) is 24.2 Å². The molecule has 2 heterocycles. The van der Waals surface area contributed by atoms with Gasteiger partial charge in [0.25, 0.3) is 0 Å². The van der Waals surface area contributed by atoms with E-state index >= 15 is 0 Å². The van der Waals surface area contributed by atoms with Gasteiger partial charge in [-0.15, -0.1) is 0 Å². The van der Waals surface area contributed by atoms with Crippen LogP contribution in [-0.2, 0) is 0 Å². The van der Waals surface area contributed by atoms with Gasteiger partial charge in [0.1, 0.15) is 0 Å². The van der Waals surface area contributed by atoms with Crippen molar-refractivity contribution in [1.29, 1.82) is 0 Å². The van der Waals surface area contributed by atoms with Crippen molar-refractivity contribution >= 4 is 0 Å². The second-order valence-corrected chi connectivity index (χ2v) is 8.09. The SMILES string of the molecule is Cc1ccc(C2CC(C3CC(c4ccc(C)cc4C)NN3)NN2)c(C)c1. The van der Waals surface area contributed by atoms with Crippen LogP contribution in [0.4, 0.5) is 0 Å². The smallest absolute Gasteiger partial charge is 0.0481 e. The number of hydrazine groups is 2. The Balaban J connectivity index is 1.42. The average Bonchev–Trinajstić information content (AvgIpc) is 3.24. The van der Waals surface area contributed by atoms with E-state index in [0.717, 1.165) is 12.8 Å². The van der Waals surface area contributed by atoms with Crippen molar-refractivity contribution in [2.24, 2.45) is 0 Å². The molecule has 4 nitrogen and oxygen atoms in total. The van der Waals surface area contributed by atoms with E-state index in [1.807, 2.05) is 0 Å². The number of nitrogens with one attached hydrogen (secondary N) is 4. The van der Waals surface area contributed by atoms with Crippen molar-refractivity contribution in [2.75, 3.05) is 0 Å². The van der Waals surface area contributed by atoms with Crippen LogP contribution in [0.25, 0.3) is 0 Å². The Morgan fingerprint density at radius 2 is 1.04 bits per heavy atom. The number of rotatable bonds is 3. The standard InChI is InChI=1S/C22H30N4/c1-13-5-7-17(15(3)9-13)19-11-21(25-23-19)22-12-20(24-26-22)18-8-6-14(2)10-16(18)4/h5-10,19-26H,11-12H2,1-4H3. The van der Waals surface area contributed by atoms with Gasteiger partial charge < -0.3 is 0 Å². The van der Waals surface area contributed by atoms with Crippen LogP contribution in [0.3, 0.4) is 0 Å². The maximum Gasteiger partial charge on any atom is 0.0481 e. The fourth-order valence-electron chi connectivity index (χ4n) is 4.53. The first-order chi connectivity index (χ1) is 12.5. The molecule has 0 saturated carbocycles. The monoisotopic (exact) mass is 350 g/mol. The van der Waals surface area contributed by atoms with Crippen molar-refractivity contribution in [3.63, 3.8) is 0 Å². The largest absolute Gasteiger partial charge is 0.252 e. The van der Waals surface area contributed by atoms with Crippen molar-refractivity contribution < 1.29 is 0 Å². The van der Waals surface area contributed by atoms with E-state index in [0.29, 0.717) is 24.2 Å². The summed E-state index contributed by atoms with van der Waals surface area (Å²) in [5.41, 5.74) is 22.3. The molecule has 138 valence electrons.